The minimum atomic E-state index is 0.129. The van der Waals surface area contributed by atoms with E-state index in [-0.39, 0.29) is 12.4 Å². The van der Waals surface area contributed by atoms with Gasteiger partial charge in [0.05, 0.1) is 12.3 Å². The Hall–Kier alpha value is -1.26. The quantitative estimate of drug-likeness (QED) is 0.515. The van der Waals surface area contributed by atoms with Gasteiger partial charge < -0.3 is 15.9 Å². The van der Waals surface area contributed by atoms with Gasteiger partial charge in [0.15, 0.2) is 0 Å². The molecule has 1 unspecified atom stereocenters. The largest absolute Gasteiger partial charge is 0.506 e. The van der Waals surface area contributed by atoms with Crippen molar-refractivity contribution in [3.05, 3.63) is 23.8 Å². The number of phenolic OH excluding ortho intramolecular Hbond substituents is 1. The Morgan fingerprint density at radius 1 is 1.41 bits per heavy atom. The molecule has 0 spiro atoms. The van der Waals surface area contributed by atoms with Crippen LogP contribution in [-0.2, 0) is 6.42 Å². The number of anilines is 1. The molecule has 17 heavy (non-hydrogen) atoms. The van der Waals surface area contributed by atoms with Gasteiger partial charge in [-0.25, -0.2) is 0 Å². The minimum absolute atomic E-state index is 0.129. The number of likely N-dealkylation sites (N-methyl/N-ethyl adjacent to an activating group) is 1. The zero-order chi connectivity index (χ0) is 12.8. The van der Waals surface area contributed by atoms with E-state index >= 15 is 0 Å². The molecule has 1 atom stereocenters. The molecule has 0 aliphatic rings. The second-order valence-corrected chi connectivity index (χ2v) is 4.30. The fourth-order valence-electron chi connectivity index (χ4n) is 2.02. The number of benzene rings is 1. The summed E-state index contributed by atoms with van der Waals surface area (Å²) in [4.78, 5) is 2.21. The second kappa shape index (κ2) is 6.47. The topological polar surface area (TPSA) is 69.7 Å². The molecule has 0 fully saturated rings. The van der Waals surface area contributed by atoms with E-state index in [0.717, 1.165) is 18.5 Å². The number of aromatic hydroxyl groups is 1. The fraction of sp³-hybridized carbons (Fsp3) is 0.538. The molecular formula is C13H22N2O2. The smallest absolute Gasteiger partial charge is 0.138 e. The molecule has 96 valence electrons. The van der Waals surface area contributed by atoms with Gasteiger partial charge in [0.25, 0.3) is 0 Å². The van der Waals surface area contributed by atoms with E-state index in [0.29, 0.717) is 18.3 Å². The summed E-state index contributed by atoms with van der Waals surface area (Å²) in [5.41, 5.74) is 7.18. The molecule has 0 heterocycles. The Balaban J connectivity index is 2.66. The summed E-state index contributed by atoms with van der Waals surface area (Å²) in [6.45, 7) is 5.98. The maximum Gasteiger partial charge on any atom is 0.138 e. The van der Waals surface area contributed by atoms with Crippen LogP contribution < -0.4 is 5.73 Å². The number of aliphatic hydroxyl groups excluding tert-OH is 1. The number of nitrogens with zero attached hydrogens (tertiary/aromatic N) is 1. The molecule has 0 aliphatic heterocycles. The molecule has 0 aromatic heterocycles. The minimum Gasteiger partial charge on any atom is -0.506 e. The van der Waals surface area contributed by atoms with E-state index in [4.69, 9.17) is 10.8 Å². The van der Waals surface area contributed by atoms with Crippen LogP contribution >= 0.6 is 0 Å². The number of hydrogen-bond acceptors (Lipinski definition) is 4. The number of aliphatic hydroxyl groups is 1. The van der Waals surface area contributed by atoms with Crippen LogP contribution in [0, 0.1) is 0 Å². The van der Waals surface area contributed by atoms with E-state index in [1.54, 1.807) is 12.1 Å². The van der Waals surface area contributed by atoms with Gasteiger partial charge in [0, 0.05) is 12.6 Å². The van der Waals surface area contributed by atoms with Crippen LogP contribution in [0.5, 0.6) is 5.75 Å². The lowest BCUT2D eigenvalue weighted by Crippen LogP contribution is -2.36. The van der Waals surface area contributed by atoms with Crippen molar-refractivity contribution in [2.75, 3.05) is 25.4 Å². The summed E-state index contributed by atoms with van der Waals surface area (Å²) in [5, 5.41) is 18.3. The lowest BCUT2D eigenvalue weighted by atomic mass is 10.0. The Kier molecular flexibility index (Phi) is 5.25. The van der Waals surface area contributed by atoms with Crippen molar-refractivity contribution in [3.63, 3.8) is 0 Å². The van der Waals surface area contributed by atoms with E-state index in [1.165, 1.54) is 0 Å². The first-order valence-corrected chi connectivity index (χ1v) is 6.00. The summed E-state index contributed by atoms with van der Waals surface area (Å²) < 4.78 is 0. The summed E-state index contributed by atoms with van der Waals surface area (Å²) in [5.74, 6) is 0.129. The third kappa shape index (κ3) is 3.91. The fourth-order valence-corrected chi connectivity index (χ4v) is 2.02. The number of nitrogen functional groups attached to an aromatic ring is 1. The molecule has 1 rings (SSSR count). The molecule has 0 radical (unpaired) electrons. The maximum absolute atomic E-state index is 9.35. The van der Waals surface area contributed by atoms with E-state index in [1.807, 2.05) is 6.07 Å². The molecule has 0 saturated carbocycles. The van der Waals surface area contributed by atoms with E-state index in [9.17, 15) is 5.11 Å². The molecule has 4 nitrogen and oxygen atoms in total. The zero-order valence-corrected chi connectivity index (χ0v) is 10.6. The molecule has 1 aromatic rings. The van der Waals surface area contributed by atoms with Gasteiger partial charge in [-0.05, 0) is 37.6 Å². The van der Waals surface area contributed by atoms with Crippen LogP contribution in [0.1, 0.15) is 19.4 Å². The van der Waals surface area contributed by atoms with Crippen LogP contribution in [-0.4, -0.2) is 40.9 Å². The van der Waals surface area contributed by atoms with Crippen molar-refractivity contribution >= 4 is 5.69 Å². The van der Waals surface area contributed by atoms with Gasteiger partial charge >= 0.3 is 0 Å². The van der Waals surface area contributed by atoms with Gasteiger partial charge in [-0.3, -0.25) is 4.90 Å². The number of nitrogens with two attached hydrogens (primary N) is 1. The van der Waals surface area contributed by atoms with Crippen molar-refractivity contribution in [3.8, 4) is 5.75 Å². The lowest BCUT2D eigenvalue weighted by Gasteiger charge is -2.27. The third-order valence-corrected chi connectivity index (χ3v) is 3.04. The van der Waals surface area contributed by atoms with Gasteiger partial charge in [-0.15, -0.1) is 0 Å². The maximum atomic E-state index is 9.35. The van der Waals surface area contributed by atoms with Crippen LogP contribution in [0.3, 0.4) is 0 Å². The van der Waals surface area contributed by atoms with Crippen molar-refractivity contribution in [2.24, 2.45) is 0 Å². The molecule has 0 bridgehead atoms. The van der Waals surface area contributed by atoms with Crippen molar-refractivity contribution in [2.45, 2.75) is 26.3 Å². The second-order valence-electron chi connectivity index (χ2n) is 4.30. The van der Waals surface area contributed by atoms with Crippen LogP contribution in [0.4, 0.5) is 5.69 Å². The van der Waals surface area contributed by atoms with Gasteiger partial charge in [0.1, 0.15) is 5.75 Å². The molecule has 0 saturated heterocycles. The standard InChI is InChI=1S/C13H22N2O2/c1-3-15(6-7-16)10(2)8-11-4-5-13(17)12(14)9-11/h4-5,9-10,16-17H,3,6-8,14H2,1-2H3. The van der Waals surface area contributed by atoms with Crippen molar-refractivity contribution < 1.29 is 10.2 Å². The first kappa shape index (κ1) is 13.8. The highest BCUT2D eigenvalue weighted by molar-refractivity contribution is 5.53. The van der Waals surface area contributed by atoms with Gasteiger partial charge in [0.2, 0.25) is 0 Å². The molecule has 4 N–H and O–H groups in total. The van der Waals surface area contributed by atoms with Crippen molar-refractivity contribution in [1.29, 1.82) is 0 Å². The normalized spacial score (nSPS) is 12.9. The Morgan fingerprint density at radius 2 is 2.12 bits per heavy atom. The number of phenols is 1. The van der Waals surface area contributed by atoms with Crippen molar-refractivity contribution in [1.82, 2.24) is 4.90 Å². The summed E-state index contributed by atoms with van der Waals surface area (Å²) >= 11 is 0. The first-order valence-electron chi connectivity index (χ1n) is 6.00. The summed E-state index contributed by atoms with van der Waals surface area (Å²) in [6, 6.07) is 5.66. The van der Waals surface area contributed by atoms with Gasteiger partial charge in [-0.1, -0.05) is 13.0 Å². The Labute approximate surface area is 103 Å². The van der Waals surface area contributed by atoms with Crippen LogP contribution in [0.25, 0.3) is 0 Å². The summed E-state index contributed by atoms with van der Waals surface area (Å²) in [7, 11) is 0. The Bertz CT molecular complexity index is 355. The molecular weight excluding hydrogens is 216 g/mol. The molecule has 0 aliphatic carbocycles. The SMILES string of the molecule is CCN(CCO)C(C)Cc1ccc(O)c(N)c1. The zero-order valence-electron chi connectivity index (χ0n) is 10.6. The predicted octanol–water partition coefficient (Wildman–Crippen LogP) is 1.22. The predicted molar refractivity (Wildman–Crippen MR) is 70.0 cm³/mol. The van der Waals surface area contributed by atoms with E-state index in [2.05, 4.69) is 18.7 Å². The number of hydrogen-bond donors (Lipinski definition) is 3. The molecule has 1 aromatic carbocycles. The number of rotatable bonds is 6. The Morgan fingerprint density at radius 3 is 2.65 bits per heavy atom. The van der Waals surface area contributed by atoms with Crippen LogP contribution in [0.15, 0.2) is 18.2 Å². The lowest BCUT2D eigenvalue weighted by molar-refractivity contribution is 0.164. The highest BCUT2D eigenvalue weighted by Gasteiger charge is 2.12. The summed E-state index contributed by atoms with van der Waals surface area (Å²) in [6.07, 6.45) is 0.859. The third-order valence-electron chi connectivity index (χ3n) is 3.04. The average Bonchev–Trinajstić information content (AvgIpc) is 2.30. The highest BCUT2D eigenvalue weighted by Crippen LogP contribution is 2.21. The average molecular weight is 238 g/mol. The van der Waals surface area contributed by atoms with Crippen LogP contribution in [0.2, 0.25) is 0 Å². The van der Waals surface area contributed by atoms with E-state index < -0.39 is 0 Å². The highest BCUT2D eigenvalue weighted by atomic mass is 16.3. The molecule has 4 heteroatoms. The monoisotopic (exact) mass is 238 g/mol. The first-order chi connectivity index (χ1) is 8.08. The van der Waals surface area contributed by atoms with Gasteiger partial charge in [-0.2, -0.15) is 0 Å². The molecule has 0 amide bonds.